The summed E-state index contributed by atoms with van der Waals surface area (Å²) in [6.45, 7) is 3.22. The molecule has 196 valence electrons. The zero-order valence-electron chi connectivity index (χ0n) is 22.0. The van der Waals surface area contributed by atoms with E-state index in [0.29, 0.717) is 6.42 Å². The zero-order valence-corrected chi connectivity index (χ0v) is 22.0. The van der Waals surface area contributed by atoms with Crippen molar-refractivity contribution < 1.29 is 14.3 Å². The minimum atomic E-state index is -0.148. The van der Waals surface area contributed by atoms with Gasteiger partial charge in [0, 0.05) is 36.0 Å². The fourth-order valence-electron chi connectivity index (χ4n) is 5.58. The van der Waals surface area contributed by atoms with Crippen LogP contribution in [-0.2, 0) is 17.8 Å². The molecule has 0 spiro atoms. The average molecular weight is 517 g/mol. The summed E-state index contributed by atoms with van der Waals surface area (Å²) in [5, 5.41) is 4.54. The van der Waals surface area contributed by atoms with E-state index in [1.807, 2.05) is 48.5 Å². The molecular formula is C34H32N2O3. The quantitative estimate of drug-likeness (QED) is 0.229. The number of ether oxygens (including phenoxy) is 2. The van der Waals surface area contributed by atoms with Crippen LogP contribution in [0.3, 0.4) is 0 Å². The SMILES string of the molecule is CCn1cc([C@H](CC(=O)N[C@H](Cc2ccccc2)c2ccccc2)c2ccc3c(c2)OCO3)c2ccccc21. The summed E-state index contributed by atoms with van der Waals surface area (Å²) in [7, 11) is 0. The molecule has 5 nitrogen and oxygen atoms in total. The monoisotopic (exact) mass is 516 g/mol. The van der Waals surface area contributed by atoms with Crippen molar-refractivity contribution in [2.45, 2.75) is 38.3 Å². The molecule has 0 fully saturated rings. The van der Waals surface area contributed by atoms with E-state index in [2.05, 4.69) is 77.6 Å². The van der Waals surface area contributed by atoms with Crippen molar-refractivity contribution in [1.82, 2.24) is 9.88 Å². The van der Waals surface area contributed by atoms with Gasteiger partial charge in [-0.05, 0) is 53.8 Å². The Kier molecular flexibility index (Phi) is 7.05. The van der Waals surface area contributed by atoms with Gasteiger partial charge in [0.05, 0.1) is 6.04 Å². The third kappa shape index (κ3) is 5.26. The molecule has 4 aromatic carbocycles. The molecule has 0 bridgehead atoms. The molecule has 1 aromatic heterocycles. The maximum Gasteiger partial charge on any atom is 0.231 e. The van der Waals surface area contributed by atoms with Crippen LogP contribution in [0, 0.1) is 0 Å². The van der Waals surface area contributed by atoms with Gasteiger partial charge in [0.25, 0.3) is 0 Å². The highest BCUT2D eigenvalue weighted by Gasteiger charge is 2.26. The topological polar surface area (TPSA) is 52.5 Å². The number of aryl methyl sites for hydroxylation is 1. The van der Waals surface area contributed by atoms with Crippen molar-refractivity contribution >= 4 is 16.8 Å². The summed E-state index contributed by atoms with van der Waals surface area (Å²) in [4.78, 5) is 13.8. The highest BCUT2D eigenvalue weighted by molar-refractivity contribution is 5.87. The number of fused-ring (bicyclic) bond motifs is 2. The van der Waals surface area contributed by atoms with Crippen molar-refractivity contribution in [3.63, 3.8) is 0 Å². The van der Waals surface area contributed by atoms with E-state index in [-0.39, 0.29) is 24.7 Å². The Bertz CT molecular complexity index is 1580. The first-order valence-corrected chi connectivity index (χ1v) is 13.5. The number of hydrogen-bond donors (Lipinski definition) is 1. The van der Waals surface area contributed by atoms with Crippen LogP contribution in [0.5, 0.6) is 11.5 Å². The van der Waals surface area contributed by atoms with Crippen molar-refractivity contribution in [2.75, 3.05) is 6.79 Å². The summed E-state index contributed by atoms with van der Waals surface area (Å²) in [5.74, 6) is 1.33. The van der Waals surface area contributed by atoms with Gasteiger partial charge in [-0.25, -0.2) is 0 Å². The first-order valence-electron chi connectivity index (χ1n) is 13.5. The molecule has 5 aromatic rings. The van der Waals surface area contributed by atoms with Crippen molar-refractivity contribution in [3.8, 4) is 11.5 Å². The molecule has 1 aliphatic rings. The number of para-hydroxylation sites is 1. The second-order valence-corrected chi connectivity index (χ2v) is 9.98. The van der Waals surface area contributed by atoms with Crippen LogP contribution in [0.15, 0.2) is 109 Å². The highest BCUT2D eigenvalue weighted by Crippen LogP contribution is 2.40. The van der Waals surface area contributed by atoms with Gasteiger partial charge in [-0.3, -0.25) is 4.79 Å². The third-order valence-electron chi connectivity index (χ3n) is 7.54. The summed E-state index contributed by atoms with van der Waals surface area (Å²) in [6.07, 6.45) is 3.24. The molecule has 0 unspecified atom stereocenters. The summed E-state index contributed by atoms with van der Waals surface area (Å²) < 4.78 is 13.5. The van der Waals surface area contributed by atoms with Crippen LogP contribution in [0.1, 0.15) is 47.6 Å². The molecule has 0 saturated heterocycles. The lowest BCUT2D eigenvalue weighted by Gasteiger charge is -2.22. The smallest absolute Gasteiger partial charge is 0.231 e. The Morgan fingerprint density at radius 1 is 0.846 bits per heavy atom. The van der Waals surface area contributed by atoms with Crippen LogP contribution < -0.4 is 14.8 Å². The summed E-state index contributed by atoms with van der Waals surface area (Å²) in [5.41, 5.74) is 5.63. The second kappa shape index (κ2) is 11.1. The summed E-state index contributed by atoms with van der Waals surface area (Å²) in [6, 6.07) is 34.8. The number of hydrogen-bond acceptors (Lipinski definition) is 3. The Morgan fingerprint density at radius 2 is 1.56 bits per heavy atom. The number of carbonyl (C=O) groups is 1. The van der Waals surface area contributed by atoms with Gasteiger partial charge >= 0.3 is 0 Å². The minimum Gasteiger partial charge on any atom is -0.454 e. The van der Waals surface area contributed by atoms with Gasteiger partial charge in [0.2, 0.25) is 12.7 Å². The predicted molar refractivity (Wildman–Crippen MR) is 154 cm³/mol. The van der Waals surface area contributed by atoms with Crippen LogP contribution >= 0.6 is 0 Å². The lowest BCUT2D eigenvalue weighted by atomic mass is 9.87. The van der Waals surface area contributed by atoms with Gasteiger partial charge in [0.1, 0.15) is 0 Å². The van der Waals surface area contributed by atoms with Crippen molar-refractivity contribution in [1.29, 1.82) is 0 Å². The van der Waals surface area contributed by atoms with Crippen LogP contribution in [0.25, 0.3) is 10.9 Å². The molecule has 1 aliphatic heterocycles. The standard InChI is InChI=1S/C34H32N2O3/c1-2-36-22-29(27-15-9-10-16-31(27)36)28(26-17-18-32-33(20-26)39-23-38-32)21-34(37)35-30(25-13-7-4-8-14-25)19-24-11-5-3-6-12-24/h3-18,20,22,28,30H,2,19,21,23H2,1H3,(H,35,37)/t28-,30-/m1/s1. The van der Waals surface area contributed by atoms with E-state index in [0.717, 1.165) is 41.2 Å². The normalized spacial score (nSPS) is 13.8. The number of nitrogens with zero attached hydrogens (tertiary/aromatic N) is 1. The van der Waals surface area contributed by atoms with Gasteiger partial charge in [-0.2, -0.15) is 0 Å². The second-order valence-electron chi connectivity index (χ2n) is 9.98. The fourth-order valence-corrected chi connectivity index (χ4v) is 5.58. The molecule has 1 N–H and O–H groups in total. The number of benzene rings is 4. The fraction of sp³-hybridized carbons (Fsp3) is 0.206. The van der Waals surface area contributed by atoms with Gasteiger partial charge in [-0.1, -0.05) is 84.9 Å². The lowest BCUT2D eigenvalue weighted by molar-refractivity contribution is -0.122. The molecule has 0 aliphatic carbocycles. The number of aromatic nitrogens is 1. The zero-order chi connectivity index (χ0) is 26.6. The van der Waals surface area contributed by atoms with E-state index in [4.69, 9.17) is 9.47 Å². The Labute approximate surface area is 229 Å². The van der Waals surface area contributed by atoms with E-state index in [9.17, 15) is 4.79 Å². The highest BCUT2D eigenvalue weighted by atomic mass is 16.7. The molecule has 2 atom stereocenters. The molecule has 5 heteroatoms. The largest absolute Gasteiger partial charge is 0.454 e. The van der Waals surface area contributed by atoms with Gasteiger partial charge in [0.15, 0.2) is 11.5 Å². The molecule has 6 rings (SSSR count). The predicted octanol–water partition coefficient (Wildman–Crippen LogP) is 7.01. The van der Waals surface area contributed by atoms with E-state index in [1.54, 1.807) is 0 Å². The molecule has 39 heavy (non-hydrogen) atoms. The maximum atomic E-state index is 13.8. The van der Waals surface area contributed by atoms with Gasteiger partial charge < -0.3 is 19.4 Å². The molecular weight excluding hydrogens is 484 g/mol. The minimum absolute atomic E-state index is 0.00998. The number of carbonyl (C=O) groups excluding carboxylic acids is 1. The Hall–Kier alpha value is -4.51. The molecule has 1 amide bonds. The van der Waals surface area contributed by atoms with Crippen LogP contribution in [0.2, 0.25) is 0 Å². The van der Waals surface area contributed by atoms with Gasteiger partial charge in [-0.15, -0.1) is 0 Å². The lowest BCUT2D eigenvalue weighted by Crippen LogP contribution is -2.31. The van der Waals surface area contributed by atoms with Crippen molar-refractivity contribution in [2.24, 2.45) is 0 Å². The average Bonchev–Trinajstić information content (AvgIpc) is 3.61. The first kappa shape index (κ1) is 24.8. The van der Waals surface area contributed by atoms with Crippen molar-refractivity contribution in [3.05, 3.63) is 132 Å². The molecule has 0 saturated carbocycles. The first-order chi connectivity index (χ1) is 19.2. The molecule has 0 radical (unpaired) electrons. The van der Waals surface area contributed by atoms with E-state index in [1.165, 1.54) is 16.5 Å². The Morgan fingerprint density at radius 3 is 2.36 bits per heavy atom. The number of nitrogens with one attached hydrogen (secondary N) is 1. The molecule has 2 heterocycles. The van der Waals surface area contributed by atoms with E-state index < -0.39 is 0 Å². The summed E-state index contributed by atoms with van der Waals surface area (Å²) >= 11 is 0. The third-order valence-corrected chi connectivity index (χ3v) is 7.54. The number of amides is 1. The van der Waals surface area contributed by atoms with E-state index >= 15 is 0 Å². The van der Waals surface area contributed by atoms with Crippen LogP contribution in [0.4, 0.5) is 0 Å². The van der Waals surface area contributed by atoms with Crippen LogP contribution in [-0.4, -0.2) is 17.3 Å². The maximum absolute atomic E-state index is 13.8. The Balaban J connectivity index is 1.35. The number of rotatable bonds is 9.